The smallest absolute Gasteiger partial charge is 0.314 e. The Hall–Kier alpha value is -1.86. The van der Waals surface area contributed by atoms with Gasteiger partial charge in [-0.3, -0.25) is 4.55 Å². The number of amides is 2. The first-order chi connectivity index (χ1) is 10.4. The summed E-state index contributed by atoms with van der Waals surface area (Å²) in [6.07, 6.45) is 6.54. The highest BCUT2D eigenvalue weighted by Crippen LogP contribution is 2.30. The molecule has 1 saturated carbocycles. The fourth-order valence-corrected chi connectivity index (χ4v) is 3.04. The Morgan fingerprint density at radius 3 is 2.36 bits per heavy atom. The van der Waals surface area contributed by atoms with Gasteiger partial charge < -0.3 is 10.6 Å². The molecule has 2 rings (SSSR count). The van der Waals surface area contributed by atoms with Crippen molar-refractivity contribution in [3.05, 3.63) is 36.0 Å². The monoisotopic (exact) mass is 324 g/mol. The minimum absolute atomic E-state index is 0.213. The molecule has 3 N–H and O–H groups in total. The van der Waals surface area contributed by atoms with Gasteiger partial charge in [-0.1, -0.05) is 18.4 Å². The molecule has 7 heteroatoms. The zero-order valence-electron chi connectivity index (χ0n) is 12.4. The fourth-order valence-electron chi connectivity index (χ4n) is 2.56. The molecule has 0 radical (unpaired) electrons. The van der Waals surface area contributed by atoms with Crippen LogP contribution < -0.4 is 10.6 Å². The number of carbonyl (C=O) groups is 1. The van der Waals surface area contributed by atoms with Gasteiger partial charge in [-0.2, -0.15) is 8.42 Å². The van der Waals surface area contributed by atoms with Crippen LogP contribution >= 0.6 is 0 Å². The highest BCUT2D eigenvalue weighted by atomic mass is 32.2. The molecule has 0 aliphatic heterocycles. The number of allylic oxidation sites excluding steroid dienone is 1. The summed E-state index contributed by atoms with van der Waals surface area (Å²) in [5.74, 6) is 0.550. The number of hydrogen-bond donors (Lipinski definition) is 3. The first-order valence-corrected chi connectivity index (χ1v) is 8.62. The molecule has 1 aliphatic rings. The molecular formula is C15H20N2O4S. The average Bonchev–Trinajstić information content (AvgIpc) is 2.98. The quantitative estimate of drug-likeness (QED) is 0.741. The normalized spacial score (nSPS) is 16.5. The van der Waals surface area contributed by atoms with Gasteiger partial charge in [0, 0.05) is 11.9 Å². The van der Waals surface area contributed by atoms with Crippen LogP contribution in [0.25, 0.3) is 0 Å². The number of hydrogen-bond acceptors (Lipinski definition) is 3. The molecule has 1 fully saturated rings. The molecule has 1 aromatic carbocycles. The summed E-state index contributed by atoms with van der Waals surface area (Å²) in [4.78, 5) is 11.6. The van der Waals surface area contributed by atoms with E-state index in [2.05, 4.69) is 10.6 Å². The Morgan fingerprint density at radius 2 is 1.82 bits per heavy atom. The number of urea groups is 1. The maximum atomic E-state index is 11.8. The van der Waals surface area contributed by atoms with Crippen LogP contribution in [0, 0.1) is 5.92 Å². The van der Waals surface area contributed by atoms with Gasteiger partial charge in [0.25, 0.3) is 10.1 Å². The van der Waals surface area contributed by atoms with E-state index in [0.717, 1.165) is 5.57 Å². The summed E-state index contributed by atoms with van der Waals surface area (Å²) < 4.78 is 30.7. The molecule has 6 nitrogen and oxygen atoms in total. The fraction of sp³-hybridized carbons (Fsp3) is 0.400. The topological polar surface area (TPSA) is 95.5 Å². The van der Waals surface area contributed by atoms with Crippen LogP contribution in [-0.2, 0) is 10.1 Å². The third-order valence-corrected chi connectivity index (χ3v) is 4.71. The van der Waals surface area contributed by atoms with Gasteiger partial charge in [-0.25, -0.2) is 4.79 Å². The zero-order chi connectivity index (χ0) is 16.2. The number of anilines is 1. The van der Waals surface area contributed by atoms with Gasteiger partial charge in [-0.05, 0) is 49.9 Å². The molecule has 0 bridgehead atoms. The first-order valence-electron chi connectivity index (χ1n) is 7.18. The van der Waals surface area contributed by atoms with E-state index in [1.807, 2.05) is 6.92 Å². The largest absolute Gasteiger partial charge is 0.323 e. The number of benzene rings is 1. The molecule has 120 valence electrons. The standard InChI is InChI=1S/C15H20N2O4S/c1-11(12-4-2-3-5-12)10-16-15(18)17-13-6-8-14(9-7-13)22(19,20)21/h6-10,12H,2-5H2,1H3,(H2,16,17,18)(H,19,20,21)/b11-10+. The van der Waals surface area contributed by atoms with E-state index in [9.17, 15) is 13.2 Å². The Bertz CT molecular complexity index is 659. The zero-order valence-corrected chi connectivity index (χ0v) is 13.2. The Balaban J connectivity index is 1.90. The molecule has 0 spiro atoms. The van der Waals surface area contributed by atoms with Crippen molar-refractivity contribution in [2.45, 2.75) is 37.5 Å². The molecule has 0 unspecified atom stereocenters. The lowest BCUT2D eigenvalue weighted by Gasteiger charge is -2.10. The molecule has 1 aromatic rings. The maximum absolute atomic E-state index is 11.8. The summed E-state index contributed by atoms with van der Waals surface area (Å²) in [7, 11) is -4.22. The van der Waals surface area contributed by atoms with Crippen molar-refractivity contribution in [3.8, 4) is 0 Å². The lowest BCUT2D eigenvalue weighted by atomic mass is 10.0. The maximum Gasteiger partial charge on any atom is 0.323 e. The van der Waals surface area contributed by atoms with Gasteiger partial charge in [0.1, 0.15) is 0 Å². The lowest BCUT2D eigenvalue weighted by Crippen LogP contribution is -2.24. The Labute approximate surface area is 130 Å². The Morgan fingerprint density at radius 1 is 1.23 bits per heavy atom. The molecule has 2 amide bonds. The van der Waals surface area contributed by atoms with Gasteiger partial charge in [0.15, 0.2) is 0 Å². The van der Waals surface area contributed by atoms with E-state index in [0.29, 0.717) is 11.6 Å². The van der Waals surface area contributed by atoms with E-state index in [-0.39, 0.29) is 4.90 Å². The van der Waals surface area contributed by atoms with E-state index in [1.165, 1.54) is 49.9 Å². The first kappa shape index (κ1) is 16.5. The van der Waals surface area contributed by atoms with Crippen LogP contribution in [0.4, 0.5) is 10.5 Å². The minimum Gasteiger partial charge on any atom is -0.314 e. The van der Waals surface area contributed by atoms with Crippen molar-refractivity contribution < 1.29 is 17.8 Å². The van der Waals surface area contributed by atoms with E-state index >= 15 is 0 Å². The summed E-state index contributed by atoms with van der Waals surface area (Å²) in [5, 5.41) is 5.27. The van der Waals surface area contributed by atoms with Gasteiger partial charge >= 0.3 is 6.03 Å². The molecular weight excluding hydrogens is 304 g/mol. The predicted molar refractivity (Wildman–Crippen MR) is 84.1 cm³/mol. The summed E-state index contributed by atoms with van der Waals surface area (Å²) in [6.45, 7) is 2.01. The molecule has 0 saturated heterocycles. The second-order valence-corrected chi connectivity index (χ2v) is 6.89. The number of rotatable bonds is 4. The molecule has 0 atom stereocenters. The second-order valence-electron chi connectivity index (χ2n) is 5.47. The van der Waals surface area contributed by atoms with Gasteiger partial charge in [-0.15, -0.1) is 0 Å². The van der Waals surface area contributed by atoms with Crippen LogP contribution in [-0.4, -0.2) is 19.0 Å². The third kappa shape index (κ3) is 4.57. The molecule has 0 heterocycles. The van der Waals surface area contributed by atoms with Crippen LogP contribution in [0.1, 0.15) is 32.6 Å². The van der Waals surface area contributed by atoms with E-state index in [1.54, 1.807) is 6.20 Å². The third-order valence-electron chi connectivity index (χ3n) is 3.84. The summed E-state index contributed by atoms with van der Waals surface area (Å²) in [6, 6.07) is 4.89. The average molecular weight is 324 g/mol. The second kappa shape index (κ2) is 6.93. The highest BCUT2D eigenvalue weighted by molar-refractivity contribution is 7.85. The summed E-state index contributed by atoms with van der Waals surface area (Å²) in [5.41, 5.74) is 1.60. The van der Waals surface area contributed by atoms with Crippen molar-refractivity contribution in [2.75, 3.05) is 5.32 Å². The van der Waals surface area contributed by atoms with Crippen LogP contribution in [0.3, 0.4) is 0 Å². The van der Waals surface area contributed by atoms with Crippen molar-refractivity contribution >= 4 is 21.8 Å². The van der Waals surface area contributed by atoms with Gasteiger partial charge in [0.05, 0.1) is 4.90 Å². The Kier molecular flexibility index (Phi) is 5.20. The minimum atomic E-state index is -4.22. The highest BCUT2D eigenvalue weighted by Gasteiger charge is 2.16. The van der Waals surface area contributed by atoms with Crippen molar-refractivity contribution in [3.63, 3.8) is 0 Å². The van der Waals surface area contributed by atoms with Crippen LogP contribution in [0.15, 0.2) is 40.9 Å². The van der Waals surface area contributed by atoms with Crippen molar-refractivity contribution in [2.24, 2.45) is 5.92 Å². The van der Waals surface area contributed by atoms with Crippen molar-refractivity contribution in [1.82, 2.24) is 5.32 Å². The van der Waals surface area contributed by atoms with Gasteiger partial charge in [0.2, 0.25) is 0 Å². The molecule has 1 aliphatic carbocycles. The van der Waals surface area contributed by atoms with E-state index in [4.69, 9.17) is 4.55 Å². The summed E-state index contributed by atoms with van der Waals surface area (Å²) >= 11 is 0. The number of carbonyl (C=O) groups excluding carboxylic acids is 1. The molecule has 0 aromatic heterocycles. The molecule has 22 heavy (non-hydrogen) atoms. The lowest BCUT2D eigenvalue weighted by molar-refractivity contribution is 0.255. The SMILES string of the molecule is C/C(=C\NC(=O)Nc1ccc(S(=O)(=O)O)cc1)C1CCCC1. The van der Waals surface area contributed by atoms with Crippen LogP contribution in [0.2, 0.25) is 0 Å². The van der Waals surface area contributed by atoms with Crippen molar-refractivity contribution in [1.29, 1.82) is 0 Å². The van der Waals surface area contributed by atoms with E-state index < -0.39 is 16.1 Å². The number of nitrogens with one attached hydrogen (secondary N) is 2. The van der Waals surface area contributed by atoms with Crippen LogP contribution in [0.5, 0.6) is 0 Å². The predicted octanol–water partition coefficient (Wildman–Crippen LogP) is 3.15.